The van der Waals surface area contributed by atoms with E-state index in [-0.39, 0.29) is 24.0 Å². The van der Waals surface area contributed by atoms with Crippen molar-refractivity contribution in [3.05, 3.63) is 0 Å². The summed E-state index contributed by atoms with van der Waals surface area (Å²) in [5.41, 5.74) is 5.91. The van der Waals surface area contributed by atoms with Gasteiger partial charge in [-0.2, -0.15) is 0 Å². The average molecular weight is 281 g/mol. The van der Waals surface area contributed by atoms with Crippen molar-refractivity contribution in [1.29, 1.82) is 0 Å². The zero-order chi connectivity index (χ0) is 14.7. The minimum Gasteiger partial charge on any atom is -0.462 e. The number of carbonyl (C=O) groups is 1. The largest absolute Gasteiger partial charge is 0.462 e. The quantitative estimate of drug-likeness (QED) is 0.805. The zero-order valence-electron chi connectivity index (χ0n) is 13.3. The highest BCUT2D eigenvalue weighted by Crippen LogP contribution is 2.36. The maximum atomic E-state index is 12.4. The predicted octanol–water partition coefficient (Wildman–Crippen LogP) is 3.51. The molecule has 0 amide bonds. The standard InChI is InChI=1S/C17H31NO2/c1-11(2)15-9-4-12(3)10-16(15)20-17(19)13-5-7-14(18)8-6-13/h11-16H,4-10,18H2,1-3H3. The number of hydrogen-bond donors (Lipinski definition) is 1. The monoisotopic (exact) mass is 281 g/mol. The topological polar surface area (TPSA) is 52.3 Å². The summed E-state index contributed by atoms with van der Waals surface area (Å²) in [5.74, 6) is 1.96. The maximum Gasteiger partial charge on any atom is 0.309 e. The van der Waals surface area contributed by atoms with Crippen LogP contribution < -0.4 is 5.73 Å². The molecule has 3 nitrogen and oxygen atoms in total. The number of hydrogen-bond acceptors (Lipinski definition) is 3. The Morgan fingerprint density at radius 3 is 2.35 bits per heavy atom. The van der Waals surface area contributed by atoms with Crippen LogP contribution in [0.5, 0.6) is 0 Å². The first-order valence-corrected chi connectivity index (χ1v) is 8.43. The number of nitrogens with two attached hydrogens (primary N) is 1. The number of esters is 1. The highest BCUT2D eigenvalue weighted by Gasteiger charge is 2.35. The lowest BCUT2D eigenvalue weighted by Gasteiger charge is -2.37. The summed E-state index contributed by atoms with van der Waals surface area (Å²) < 4.78 is 5.93. The molecule has 0 aromatic rings. The summed E-state index contributed by atoms with van der Waals surface area (Å²) in [5, 5.41) is 0. The lowest BCUT2D eigenvalue weighted by molar-refractivity contribution is -0.162. The molecular formula is C17H31NO2. The van der Waals surface area contributed by atoms with Crippen molar-refractivity contribution >= 4 is 5.97 Å². The lowest BCUT2D eigenvalue weighted by Crippen LogP contribution is -2.38. The molecule has 0 aromatic carbocycles. The van der Waals surface area contributed by atoms with Crippen LogP contribution in [-0.2, 0) is 9.53 Å². The minimum absolute atomic E-state index is 0.0432. The molecule has 2 aliphatic rings. The van der Waals surface area contributed by atoms with E-state index in [2.05, 4.69) is 20.8 Å². The van der Waals surface area contributed by atoms with Crippen LogP contribution in [0.4, 0.5) is 0 Å². The van der Waals surface area contributed by atoms with Gasteiger partial charge in [-0.25, -0.2) is 0 Å². The second kappa shape index (κ2) is 6.93. The van der Waals surface area contributed by atoms with E-state index in [4.69, 9.17) is 10.5 Å². The van der Waals surface area contributed by atoms with Gasteiger partial charge in [-0.1, -0.05) is 27.2 Å². The van der Waals surface area contributed by atoms with E-state index in [9.17, 15) is 4.79 Å². The first-order valence-electron chi connectivity index (χ1n) is 8.43. The van der Waals surface area contributed by atoms with E-state index in [1.54, 1.807) is 0 Å². The second-order valence-corrected chi connectivity index (χ2v) is 7.41. The normalized spacial score (nSPS) is 38.8. The van der Waals surface area contributed by atoms with E-state index >= 15 is 0 Å². The van der Waals surface area contributed by atoms with Gasteiger partial charge in [0.15, 0.2) is 0 Å². The van der Waals surface area contributed by atoms with Crippen LogP contribution in [0.1, 0.15) is 65.7 Å². The summed E-state index contributed by atoms with van der Waals surface area (Å²) in [4.78, 5) is 12.4. The molecule has 0 aliphatic heterocycles. The Bertz CT molecular complexity index is 321. The van der Waals surface area contributed by atoms with Gasteiger partial charge >= 0.3 is 5.97 Å². The van der Waals surface area contributed by atoms with Gasteiger partial charge in [-0.15, -0.1) is 0 Å². The third-order valence-electron chi connectivity index (χ3n) is 5.33. The minimum atomic E-state index is 0.0432. The summed E-state index contributed by atoms with van der Waals surface area (Å²) in [6.45, 7) is 6.78. The molecule has 20 heavy (non-hydrogen) atoms. The highest BCUT2D eigenvalue weighted by atomic mass is 16.5. The average Bonchev–Trinajstić information content (AvgIpc) is 2.39. The molecule has 0 radical (unpaired) electrons. The summed E-state index contributed by atoms with van der Waals surface area (Å²) in [6, 6.07) is 0.289. The Kier molecular flexibility index (Phi) is 5.48. The van der Waals surface area contributed by atoms with E-state index in [0.29, 0.717) is 17.8 Å². The maximum absolute atomic E-state index is 12.4. The molecule has 3 heteroatoms. The fourth-order valence-corrected chi connectivity index (χ4v) is 3.85. The van der Waals surface area contributed by atoms with E-state index in [1.165, 1.54) is 12.8 Å². The molecule has 0 bridgehead atoms. The van der Waals surface area contributed by atoms with Gasteiger partial charge in [0.25, 0.3) is 0 Å². The number of carbonyl (C=O) groups excluding carboxylic acids is 1. The molecule has 2 saturated carbocycles. The second-order valence-electron chi connectivity index (χ2n) is 7.41. The molecule has 0 heterocycles. The van der Waals surface area contributed by atoms with Gasteiger partial charge in [0, 0.05) is 6.04 Å². The molecular weight excluding hydrogens is 250 g/mol. The van der Waals surface area contributed by atoms with Gasteiger partial charge < -0.3 is 10.5 Å². The van der Waals surface area contributed by atoms with Crippen LogP contribution in [0.15, 0.2) is 0 Å². The first kappa shape index (κ1) is 15.8. The number of rotatable bonds is 3. The zero-order valence-corrected chi connectivity index (χ0v) is 13.3. The molecule has 3 unspecified atom stereocenters. The Morgan fingerprint density at radius 1 is 1.10 bits per heavy atom. The Hall–Kier alpha value is -0.570. The van der Waals surface area contributed by atoms with Gasteiger partial charge in [-0.05, 0) is 56.3 Å². The van der Waals surface area contributed by atoms with Crippen molar-refractivity contribution < 1.29 is 9.53 Å². The Morgan fingerprint density at radius 2 is 1.75 bits per heavy atom. The fraction of sp³-hybridized carbons (Fsp3) is 0.941. The lowest BCUT2D eigenvalue weighted by atomic mass is 9.75. The third kappa shape index (κ3) is 3.97. The Balaban J connectivity index is 1.90. The van der Waals surface area contributed by atoms with Gasteiger partial charge in [0.1, 0.15) is 6.10 Å². The summed E-state index contributed by atoms with van der Waals surface area (Å²) in [6.07, 6.45) is 7.41. The summed E-state index contributed by atoms with van der Waals surface area (Å²) >= 11 is 0. The van der Waals surface area contributed by atoms with Crippen LogP contribution in [-0.4, -0.2) is 18.1 Å². The van der Waals surface area contributed by atoms with Crippen LogP contribution in [0.3, 0.4) is 0 Å². The molecule has 0 saturated heterocycles. The first-order chi connectivity index (χ1) is 9.47. The predicted molar refractivity (Wildman–Crippen MR) is 81.2 cm³/mol. The van der Waals surface area contributed by atoms with Gasteiger partial charge in [-0.3, -0.25) is 4.79 Å². The molecule has 0 aromatic heterocycles. The van der Waals surface area contributed by atoms with Gasteiger partial charge in [0.2, 0.25) is 0 Å². The Labute approximate surface area is 123 Å². The molecule has 3 atom stereocenters. The van der Waals surface area contributed by atoms with E-state index in [0.717, 1.165) is 32.1 Å². The fourth-order valence-electron chi connectivity index (χ4n) is 3.85. The van der Waals surface area contributed by atoms with Crippen molar-refractivity contribution in [1.82, 2.24) is 0 Å². The molecule has 2 aliphatic carbocycles. The summed E-state index contributed by atoms with van der Waals surface area (Å²) in [7, 11) is 0. The molecule has 2 N–H and O–H groups in total. The molecule has 2 rings (SSSR count). The van der Waals surface area contributed by atoms with Crippen molar-refractivity contribution in [2.24, 2.45) is 29.4 Å². The van der Waals surface area contributed by atoms with Crippen LogP contribution in [0.2, 0.25) is 0 Å². The van der Waals surface area contributed by atoms with Crippen LogP contribution in [0, 0.1) is 23.7 Å². The van der Waals surface area contributed by atoms with E-state index in [1.807, 2.05) is 0 Å². The van der Waals surface area contributed by atoms with Crippen molar-refractivity contribution in [2.75, 3.05) is 0 Å². The van der Waals surface area contributed by atoms with E-state index < -0.39 is 0 Å². The SMILES string of the molecule is CC1CCC(C(C)C)C(OC(=O)C2CCC(N)CC2)C1. The van der Waals surface area contributed by atoms with Crippen molar-refractivity contribution in [2.45, 2.75) is 77.9 Å². The third-order valence-corrected chi connectivity index (χ3v) is 5.33. The smallest absolute Gasteiger partial charge is 0.309 e. The van der Waals surface area contributed by atoms with Gasteiger partial charge in [0.05, 0.1) is 5.92 Å². The van der Waals surface area contributed by atoms with Crippen molar-refractivity contribution in [3.8, 4) is 0 Å². The molecule has 0 spiro atoms. The van der Waals surface area contributed by atoms with Crippen molar-refractivity contribution in [3.63, 3.8) is 0 Å². The molecule has 116 valence electrons. The highest BCUT2D eigenvalue weighted by molar-refractivity contribution is 5.72. The van der Waals surface area contributed by atoms with Crippen LogP contribution in [0.25, 0.3) is 0 Å². The van der Waals surface area contributed by atoms with Crippen LogP contribution >= 0.6 is 0 Å². The molecule has 2 fully saturated rings. The number of ether oxygens (including phenoxy) is 1.